The van der Waals surface area contributed by atoms with E-state index in [4.69, 9.17) is 0 Å². The minimum Gasteiger partial charge on any atom is -0.308 e. The van der Waals surface area contributed by atoms with E-state index >= 15 is 0 Å². The summed E-state index contributed by atoms with van der Waals surface area (Å²) in [5.74, 6) is 1.37. The first-order chi connectivity index (χ1) is 15.8. The molecule has 0 unspecified atom stereocenters. The molecule has 0 atom stereocenters. The number of nitriles is 1. The lowest BCUT2D eigenvalue weighted by molar-refractivity contribution is -0.137. The maximum absolute atomic E-state index is 13.6. The number of fused-ring (bicyclic) bond motifs is 3. The van der Waals surface area contributed by atoms with Gasteiger partial charge in [-0.15, -0.1) is 0 Å². The van der Waals surface area contributed by atoms with Crippen LogP contribution in [0.15, 0.2) is 60.7 Å². The molecule has 0 radical (unpaired) electrons. The summed E-state index contributed by atoms with van der Waals surface area (Å²) in [4.78, 5) is 13.1. The number of benzene rings is 3. The molecule has 0 saturated carbocycles. The summed E-state index contributed by atoms with van der Waals surface area (Å²) in [7, 11) is 0. The standard InChI is InChI=1S/C25H16F3N5/c1-14-30-15(2)32-24(31-14)20-11-16(13-29)7-10-22(20)33-21-6-4-3-5-18(21)19-9-8-17(12-23(19)33)25(26,27)28/h3-12H,1-2H3. The van der Waals surface area contributed by atoms with Crippen LogP contribution < -0.4 is 0 Å². The molecule has 8 heteroatoms. The van der Waals surface area contributed by atoms with Crippen molar-refractivity contribution in [2.24, 2.45) is 0 Å². The molecule has 0 aliphatic rings. The van der Waals surface area contributed by atoms with Crippen LogP contribution in [-0.2, 0) is 6.18 Å². The third-order valence-corrected chi connectivity index (χ3v) is 5.47. The van der Waals surface area contributed by atoms with Crippen molar-refractivity contribution < 1.29 is 13.2 Å². The van der Waals surface area contributed by atoms with E-state index in [9.17, 15) is 18.4 Å². The van der Waals surface area contributed by atoms with Crippen LogP contribution in [-0.4, -0.2) is 19.5 Å². The molecule has 33 heavy (non-hydrogen) atoms. The Kier molecular flexibility index (Phi) is 4.64. The molecular formula is C25H16F3N5. The van der Waals surface area contributed by atoms with Gasteiger partial charge in [0.2, 0.25) is 0 Å². The second-order valence-corrected chi connectivity index (χ2v) is 7.68. The average Bonchev–Trinajstić information content (AvgIpc) is 3.11. The van der Waals surface area contributed by atoms with E-state index in [1.54, 1.807) is 36.6 Å². The van der Waals surface area contributed by atoms with Crippen molar-refractivity contribution in [3.05, 3.63) is 83.4 Å². The highest BCUT2D eigenvalue weighted by Crippen LogP contribution is 2.38. The molecular weight excluding hydrogens is 427 g/mol. The van der Waals surface area contributed by atoms with E-state index in [1.807, 2.05) is 24.3 Å². The van der Waals surface area contributed by atoms with Crippen LogP contribution >= 0.6 is 0 Å². The summed E-state index contributed by atoms with van der Waals surface area (Å²) in [6.07, 6.45) is -4.48. The maximum atomic E-state index is 13.6. The van der Waals surface area contributed by atoms with Gasteiger partial charge in [0.25, 0.3) is 0 Å². The van der Waals surface area contributed by atoms with Crippen molar-refractivity contribution in [2.45, 2.75) is 20.0 Å². The molecule has 0 spiro atoms. The monoisotopic (exact) mass is 443 g/mol. The van der Waals surface area contributed by atoms with Gasteiger partial charge in [-0.3, -0.25) is 0 Å². The van der Waals surface area contributed by atoms with Gasteiger partial charge < -0.3 is 4.57 Å². The number of hydrogen-bond acceptors (Lipinski definition) is 4. The normalized spacial score (nSPS) is 11.8. The van der Waals surface area contributed by atoms with Gasteiger partial charge in [0.05, 0.1) is 33.9 Å². The number of para-hydroxylation sites is 1. The summed E-state index contributed by atoms with van der Waals surface area (Å²) < 4.78 is 42.5. The Morgan fingerprint density at radius 3 is 2.21 bits per heavy atom. The molecule has 0 aliphatic carbocycles. The molecule has 0 aliphatic heterocycles. The topological polar surface area (TPSA) is 67.4 Å². The number of halogens is 3. The first kappa shape index (κ1) is 20.6. The molecule has 0 fully saturated rings. The number of hydrogen-bond donors (Lipinski definition) is 0. The lowest BCUT2D eigenvalue weighted by Gasteiger charge is -2.15. The van der Waals surface area contributed by atoms with Crippen LogP contribution in [0.25, 0.3) is 38.9 Å². The van der Waals surface area contributed by atoms with E-state index in [-0.39, 0.29) is 0 Å². The van der Waals surface area contributed by atoms with Crippen molar-refractivity contribution in [2.75, 3.05) is 0 Å². The van der Waals surface area contributed by atoms with E-state index in [2.05, 4.69) is 21.0 Å². The predicted octanol–water partition coefficient (Wildman–Crippen LogP) is 6.14. The molecule has 5 aromatic rings. The zero-order valence-corrected chi connectivity index (χ0v) is 17.6. The first-order valence-electron chi connectivity index (χ1n) is 10.1. The van der Waals surface area contributed by atoms with Crippen LogP contribution in [0, 0.1) is 25.2 Å². The van der Waals surface area contributed by atoms with Crippen molar-refractivity contribution in [1.82, 2.24) is 19.5 Å². The molecule has 3 aromatic carbocycles. The van der Waals surface area contributed by atoms with Crippen molar-refractivity contribution in [3.63, 3.8) is 0 Å². The van der Waals surface area contributed by atoms with Gasteiger partial charge in [-0.05, 0) is 50.2 Å². The SMILES string of the molecule is Cc1nc(C)nc(-c2cc(C#N)ccc2-n2c3ccccc3c3ccc(C(F)(F)F)cc32)n1. The van der Waals surface area contributed by atoms with E-state index in [1.165, 1.54) is 6.07 Å². The molecule has 2 heterocycles. The van der Waals surface area contributed by atoms with Crippen molar-refractivity contribution in [3.8, 4) is 23.1 Å². The van der Waals surface area contributed by atoms with Crippen LogP contribution in [0.1, 0.15) is 22.8 Å². The maximum Gasteiger partial charge on any atom is 0.416 e. The number of aromatic nitrogens is 4. The summed E-state index contributed by atoms with van der Waals surface area (Å²) >= 11 is 0. The van der Waals surface area contributed by atoms with Gasteiger partial charge in [0, 0.05) is 16.3 Å². The van der Waals surface area contributed by atoms with Gasteiger partial charge in [0.1, 0.15) is 11.6 Å². The Morgan fingerprint density at radius 1 is 0.818 bits per heavy atom. The first-order valence-corrected chi connectivity index (χ1v) is 10.1. The van der Waals surface area contributed by atoms with Gasteiger partial charge in [0.15, 0.2) is 5.82 Å². The number of rotatable bonds is 2. The van der Waals surface area contributed by atoms with Crippen LogP contribution in [0.4, 0.5) is 13.2 Å². The smallest absolute Gasteiger partial charge is 0.308 e. The minimum atomic E-state index is -4.48. The Labute approximate surface area is 186 Å². The van der Waals surface area contributed by atoms with Crippen LogP contribution in [0.3, 0.4) is 0 Å². The third-order valence-electron chi connectivity index (χ3n) is 5.47. The highest BCUT2D eigenvalue weighted by Gasteiger charge is 2.31. The fraction of sp³-hybridized carbons (Fsp3) is 0.120. The zero-order valence-electron chi connectivity index (χ0n) is 17.6. The summed E-state index contributed by atoms with van der Waals surface area (Å²) in [6.45, 7) is 3.48. The van der Waals surface area contributed by atoms with E-state index < -0.39 is 11.7 Å². The summed E-state index contributed by atoms with van der Waals surface area (Å²) in [5.41, 5.74) is 1.90. The number of aryl methyl sites for hydroxylation is 2. The van der Waals surface area contributed by atoms with Crippen molar-refractivity contribution in [1.29, 1.82) is 5.26 Å². The molecule has 162 valence electrons. The van der Waals surface area contributed by atoms with Crippen LogP contribution in [0.2, 0.25) is 0 Å². The Hall–Kier alpha value is -4.25. The number of alkyl halides is 3. The molecule has 0 bridgehead atoms. The minimum absolute atomic E-state index is 0.352. The van der Waals surface area contributed by atoms with Crippen molar-refractivity contribution >= 4 is 21.8 Å². The lowest BCUT2D eigenvalue weighted by Crippen LogP contribution is -2.06. The third kappa shape index (κ3) is 3.48. The second kappa shape index (κ2) is 7.41. The molecule has 2 aromatic heterocycles. The fourth-order valence-corrected chi connectivity index (χ4v) is 4.12. The second-order valence-electron chi connectivity index (χ2n) is 7.68. The predicted molar refractivity (Wildman–Crippen MR) is 119 cm³/mol. The van der Waals surface area contributed by atoms with Crippen LogP contribution in [0.5, 0.6) is 0 Å². The molecule has 0 N–H and O–H groups in total. The highest BCUT2D eigenvalue weighted by atomic mass is 19.4. The van der Waals surface area contributed by atoms with Gasteiger partial charge in [-0.2, -0.15) is 18.4 Å². The molecule has 5 nitrogen and oxygen atoms in total. The molecule has 5 rings (SSSR count). The Balaban J connectivity index is 1.92. The largest absolute Gasteiger partial charge is 0.416 e. The van der Waals surface area contributed by atoms with E-state index in [0.29, 0.717) is 45.2 Å². The zero-order chi connectivity index (χ0) is 23.3. The van der Waals surface area contributed by atoms with Gasteiger partial charge in [-0.25, -0.2) is 15.0 Å². The number of nitrogens with zero attached hydrogens (tertiary/aromatic N) is 5. The molecule has 0 saturated heterocycles. The highest BCUT2D eigenvalue weighted by molar-refractivity contribution is 6.09. The average molecular weight is 443 g/mol. The quantitative estimate of drug-likeness (QED) is 0.329. The fourth-order valence-electron chi connectivity index (χ4n) is 4.12. The Bertz CT molecular complexity index is 1570. The molecule has 0 amide bonds. The Morgan fingerprint density at radius 2 is 1.52 bits per heavy atom. The lowest BCUT2D eigenvalue weighted by atomic mass is 10.1. The van der Waals surface area contributed by atoms with Gasteiger partial charge in [-0.1, -0.05) is 24.3 Å². The van der Waals surface area contributed by atoms with Gasteiger partial charge >= 0.3 is 6.18 Å². The van der Waals surface area contributed by atoms with E-state index in [0.717, 1.165) is 23.0 Å². The summed E-state index contributed by atoms with van der Waals surface area (Å²) in [6, 6.07) is 18.3. The summed E-state index contributed by atoms with van der Waals surface area (Å²) in [5, 5.41) is 11.0.